The van der Waals surface area contributed by atoms with Crippen molar-refractivity contribution in [1.29, 1.82) is 0 Å². The van der Waals surface area contributed by atoms with Gasteiger partial charge in [-0.1, -0.05) is 0 Å². The first kappa shape index (κ1) is 13.6. The monoisotopic (exact) mass is 315 g/mol. The highest BCUT2D eigenvalue weighted by Crippen LogP contribution is 2.38. The molecular weight excluding hydrogens is 298 g/mol. The predicted molar refractivity (Wildman–Crippen MR) is 73.1 cm³/mol. The van der Waals surface area contributed by atoms with Crippen molar-refractivity contribution in [3.8, 4) is 11.5 Å². The van der Waals surface area contributed by atoms with E-state index in [0.717, 1.165) is 34.5 Å². The maximum absolute atomic E-state index is 8.85. The summed E-state index contributed by atoms with van der Waals surface area (Å²) in [5.74, 6) is 1.58. The quantitative estimate of drug-likeness (QED) is 0.873. The zero-order valence-electron chi connectivity index (χ0n) is 10.4. The summed E-state index contributed by atoms with van der Waals surface area (Å²) in [5, 5.41) is 12.2. The molecule has 1 heterocycles. The summed E-state index contributed by atoms with van der Waals surface area (Å²) in [6.07, 6.45) is 0.756. The van der Waals surface area contributed by atoms with E-state index in [-0.39, 0.29) is 6.61 Å². The number of aliphatic hydroxyl groups is 1. The smallest absolute Gasteiger partial charge is 0.175 e. The van der Waals surface area contributed by atoms with Gasteiger partial charge in [-0.3, -0.25) is 0 Å². The average molecular weight is 316 g/mol. The van der Waals surface area contributed by atoms with Crippen molar-refractivity contribution in [2.45, 2.75) is 25.9 Å². The molecule has 0 saturated heterocycles. The van der Waals surface area contributed by atoms with E-state index in [1.807, 2.05) is 12.1 Å². The van der Waals surface area contributed by atoms with Crippen molar-refractivity contribution < 1.29 is 14.6 Å². The number of benzene rings is 1. The van der Waals surface area contributed by atoms with Gasteiger partial charge in [0.2, 0.25) is 0 Å². The summed E-state index contributed by atoms with van der Waals surface area (Å²) in [7, 11) is 0. The molecule has 1 atom stereocenters. The standard InChI is InChI=1S/C13H18BrNO3/c1-9(2-3-16)15-8-10-6-11(14)13-12(7-10)17-4-5-18-13/h6-7,9,15-16H,2-5,8H2,1H3. The highest BCUT2D eigenvalue weighted by Gasteiger charge is 2.16. The van der Waals surface area contributed by atoms with Crippen molar-refractivity contribution in [1.82, 2.24) is 5.32 Å². The van der Waals surface area contributed by atoms with Crippen LogP contribution in [0.3, 0.4) is 0 Å². The van der Waals surface area contributed by atoms with Gasteiger partial charge in [-0.2, -0.15) is 0 Å². The molecule has 100 valence electrons. The van der Waals surface area contributed by atoms with Crippen LogP contribution in [0.5, 0.6) is 11.5 Å². The Labute approximate surface area is 115 Å². The lowest BCUT2D eigenvalue weighted by Gasteiger charge is -2.21. The van der Waals surface area contributed by atoms with Gasteiger partial charge in [-0.05, 0) is 47.0 Å². The topological polar surface area (TPSA) is 50.7 Å². The van der Waals surface area contributed by atoms with Crippen molar-refractivity contribution in [3.63, 3.8) is 0 Å². The normalized spacial score (nSPS) is 15.5. The van der Waals surface area contributed by atoms with Crippen LogP contribution in [-0.2, 0) is 6.54 Å². The van der Waals surface area contributed by atoms with Gasteiger partial charge in [-0.25, -0.2) is 0 Å². The number of aliphatic hydroxyl groups excluding tert-OH is 1. The molecule has 0 aliphatic carbocycles. The van der Waals surface area contributed by atoms with Crippen molar-refractivity contribution in [3.05, 3.63) is 22.2 Å². The third kappa shape index (κ3) is 3.37. The molecule has 1 unspecified atom stereocenters. The molecule has 1 aliphatic rings. The molecule has 2 N–H and O–H groups in total. The fourth-order valence-corrected chi connectivity index (χ4v) is 2.46. The molecule has 0 bridgehead atoms. The zero-order chi connectivity index (χ0) is 13.0. The van der Waals surface area contributed by atoms with Gasteiger partial charge in [0.25, 0.3) is 0 Å². The van der Waals surface area contributed by atoms with Gasteiger partial charge in [0.05, 0.1) is 4.47 Å². The Balaban J connectivity index is 2.03. The van der Waals surface area contributed by atoms with Crippen LogP contribution in [-0.4, -0.2) is 31.0 Å². The first-order chi connectivity index (χ1) is 8.70. The van der Waals surface area contributed by atoms with E-state index in [4.69, 9.17) is 14.6 Å². The molecule has 1 aromatic rings. The van der Waals surface area contributed by atoms with Crippen LogP contribution in [0.1, 0.15) is 18.9 Å². The third-order valence-electron chi connectivity index (χ3n) is 2.87. The Morgan fingerprint density at radius 2 is 2.17 bits per heavy atom. The zero-order valence-corrected chi connectivity index (χ0v) is 12.0. The van der Waals surface area contributed by atoms with Crippen molar-refractivity contribution in [2.24, 2.45) is 0 Å². The minimum absolute atomic E-state index is 0.207. The average Bonchev–Trinajstić information content (AvgIpc) is 2.37. The molecule has 0 saturated carbocycles. The summed E-state index contributed by atoms with van der Waals surface area (Å²) >= 11 is 3.50. The summed E-state index contributed by atoms with van der Waals surface area (Å²) in [4.78, 5) is 0. The fraction of sp³-hybridized carbons (Fsp3) is 0.538. The molecule has 0 aromatic heterocycles. The molecule has 0 radical (unpaired) electrons. The molecule has 1 aromatic carbocycles. The van der Waals surface area contributed by atoms with Crippen molar-refractivity contribution >= 4 is 15.9 Å². The van der Waals surface area contributed by atoms with E-state index in [0.29, 0.717) is 19.3 Å². The second-order valence-electron chi connectivity index (χ2n) is 4.40. The molecule has 0 amide bonds. The SMILES string of the molecule is CC(CCO)NCc1cc(Br)c2c(c1)OCCO2. The van der Waals surface area contributed by atoms with Gasteiger partial charge >= 0.3 is 0 Å². The van der Waals surface area contributed by atoms with E-state index in [9.17, 15) is 0 Å². The van der Waals surface area contributed by atoms with E-state index in [2.05, 4.69) is 28.2 Å². The molecule has 2 rings (SSSR count). The lowest BCUT2D eigenvalue weighted by atomic mass is 10.1. The number of ether oxygens (including phenoxy) is 2. The number of hydrogen-bond donors (Lipinski definition) is 2. The largest absolute Gasteiger partial charge is 0.486 e. The van der Waals surface area contributed by atoms with Gasteiger partial charge < -0.3 is 19.9 Å². The Hall–Kier alpha value is -0.780. The van der Waals surface area contributed by atoms with E-state index in [1.165, 1.54) is 0 Å². The summed E-state index contributed by atoms with van der Waals surface area (Å²) in [5.41, 5.74) is 1.14. The number of halogens is 1. The Kier molecular flexibility index (Phi) is 4.86. The molecule has 0 fully saturated rings. The maximum Gasteiger partial charge on any atom is 0.175 e. The molecule has 1 aliphatic heterocycles. The molecule has 5 heteroatoms. The number of fused-ring (bicyclic) bond motifs is 1. The molecule has 0 spiro atoms. The number of rotatable bonds is 5. The van der Waals surface area contributed by atoms with Gasteiger partial charge in [0, 0.05) is 19.2 Å². The van der Waals surface area contributed by atoms with E-state index in [1.54, 1.807) is 0 Å². The number of nitrogens with one attached hydrogen (secondary N) is 1. The maximum atomic E-state index is 8.85. The molecule has 4 nitrogen and oxygen atoms in total. The van der Waals surface area contributed by atoms with Crippen molar-refractivity contribution in [2.75, 3.05) is 19.8 Å². The van der Waals surface area contributed by atoms with Crippen LogP contribution in [0.2, 0.25) is 0 Å². The predicted octanol–water partition coefficient (Wildman–Crippen LogP) is 2.08. The van der Waals surface area contributed by atoms with Crippen LogP contribution < -0.4 is 14.8 Å². The van der Waals surface area contributed by atoms with Crippen LogP contribution >= 0.6 is 15.9 Å². The van der Waals surface area contributed by atoms with Crippen LogP contribution in [0.25, 0.3) is 0 Å². The Bertz CT molecular complexity index is 411. The minimum atomic E-state index is 0.207. The second kappa shape index (κ2) is 6.41. The Morgan fingerprint density at radius 1 is 1.39 bits per heavy atom. The van der Waals surface area contributed by atoms with Crippen LogP contribution in [0.15, 0.2) is 16.6 Å². The molecule has 18 heavy (non-hydrogen) atoms. The minimum Gasteiger partial charge on any atom is -0.486 e. The van der Waals surface area contributed by atoms with Crippen LogP contribution in [0, 0.1) is 0 Å². The van der Waals surface area contributed by atoms with Crippen LogP contribution in [0.4, 0.5) is 0 Å². The Morgan fingerprint density at radius 3 is 2.94 bits per heavy atom. The third-order valence-corrected chi connectivity index (χ3v) is 3.46. The lowest BCUT2D eigenvalue weighted by Crippen LogP contribution is -2.26. The second-order valence-corrected chi connectivity index (χ2v) is 5.25. The summed E-state index contributed by atoms with van der Waals surface area (Å²) in [6.45, 7) is 4.20. The van der Waals surface area contributed by atoms with Gasteiger partial charge in [0.15, 0.2) is 11.5 Å². The first-order valence-corrected chi connectivity index (χ1v) is 6.92. The highest BCUT2D eigenvalue weighted by atomic mass is 79.9. The highest BCUT2D eigenvalue weighted by molar-refractivity contribution is 9.10. The summed E-state index contributed by atoms with van der Waals surface area (Å²) < 4.78 is 12.0. The first-order valence-electron chi connectivity index (χ1n) is 6.13. The lowest BCUT2D eigenvalue weighted by molar-refractivity contribution is 0.170. The van der Waals surface area contributed by atoms with Gasteiger partial charge in [-0.15, -0.1) is 0 Å². The fourth-order valence-electron chi connectivity index (χ4n) is 1.85. The summed E-state index contributed by atoms with van der Waals surface area (Å²) in [6, 6.07) is 4.33. The van der Waals surface area contributed by atoms with E-state index >= 15 is 0 Å². The number of hydrogen-bond acceptors (Lipinski definition) is 4. The van der Waals surface area contributed by atoms with Gasteiger partial charge in [0.1, 0.15) is 13.2 Å². The molecular formula is C13H18BrNO3. The van der Waals surface area contributed by atoms with E-state index < -0.39 is 0 Å².